The van der Waals surface area contributed by atoms with Gasteiger partial charge in [0.2, 0.25) is 5.13 Å². The minimum atomic E-state index is -1.19. The molecular formula is C25H16FN5O5S2. The fraction of sp³-hybridized carbons (Fsp3) is 0.0800. The molecule has 4 aromatic rings. The molecule has 2 aromatic heterocycles. The van der Waals surface area contributed by atoms with Crippen molar-refractivity contribution in [3.05, 3.63) is 111 Å². The van der Waals surface area contributed by atoms with Gasteiger partial charge in [-0.2, -0.15) is 0 Å². The van der Waals surface area contributed by atoms with Crippen molar-refractivity contribution in [2.45, 2.75) is 16.1 Å². The average molecular weight is 550 g/mol. The maximum atomic E-state index is 13.3. The lowest BCUT2D eigenvalue weighted by Crippen LogP contribution is -2.29. The number of aromatic nitrogens is 3. The van der Waals surface area contributed by atoms with Gasteiger partial charge in [-0.3, -0.25) is 29.6 Å². The molecule has 1 saturated heterocycles. The Labute approximate surface area is 222 Å². The van der Waals surface area contributed by atoms with Gasteiger partial charge in [0.25, 0.3) is 11.5 Å². The normalized spacial score (nSPS) is 16.7. The summed E-state index contributed by atoms with van der Waals surface area (Å²) in [7, 11) is 0. The lowest BCUT2D eigenvalue weighted by Gasteiger charge is -2.22. The fourth-order valence-corrected chi connectivity index (χ4v) is 5.73. The number of aliphatic hydroxyl groups excluding tert-OH is 1. The van der Waals surface area contributed by atoms with Crippen LogP contribution in [0.15, 0.2) is 83.0 Å². The molecule has 5 rings (SSSR count). The van der Waals surface area contributed by atoms with Gasteiger partial charge in [-0.25, -0.2) is 4.39 Å². The number of non-ortho nitro benzene ring substituents is 1. The lowest BCUT2D eigenvalue weighted by molar-refractivity contribution is -0.384. The number of carbonyl (C=O) groups is 2. The summed E-state index contributed by atoms with van der Waals surface area (Å²) in [6.45, 7) is 0. The van der Waals surface area contributed by atoms with Crippen molar-refractivity contribution in [3.8, 4) is 0 Å². The third kappa shape index (κ3) is 4.88. The minimum Gasteiger partial charge on any atom is -0.507 e. The lowest BCUT2D eigenvalue weighted by atomic mass is 9.95. The second-order valence-electron chi connectivity index (χ2n) is 8.02. The van der Waals surface area contributed by atoms with Gasteiger partial charge in [-0.1, -0.05) is 47.4 Å². The molecule has 10 nitrogen and oxygen atoms in total. The van der Waals surface area contributed by atoms with Crippen LogP contribution in [0.2, 0.25) is 0 Å². The van der Waals surface area contributed by atoms with Crippen LogP contribution in [0.25, 0.3) is 5.76 Å². The number of aliphatic hydroxyl groups is 1. The Morgan fingerprint density at radius 2 is 1.84 bits per heavy atom. The standard InChI is InChI=1S/C25H16FN5O5S2/c26-17-6-4-14(5-7-17)13-37-25-29-28-24(38-25)30-20(16-2-1-3-18(12-16)31(35)36)19(22(33)23(30)34)21(32)15-8-10-27-11-9-15/h1-12,20,32H,13H2/b21-19+. The summed E-state index contributed by atoms with van der Waals surface area (Å²) in [5.41, 5.74) is 0.857. The molecule has 0 spiro atoms. The highest BCUT2D eigenvalue weighted by molar-refractivity contribution is 8.00. The number of anilines is 1. The van der Waals surface area contributed by atoms with Crippen molar-refractivity contribution in [1.82, 2.24) is 15.2 Å². The highest BCUT2D eigenvalue weighted by Crippen LogP contribution is 2.44. The number of carbonyl (C=O) groups excluding carboxylic acids is 2. The molecule has 1 fully saturated rings. The Morgan fingerprint density at radius 1 is 1.11 bits per heavy atom. The molecule has 1 unspecified atom stereocenters. The quantitative estimate of drug-likeness (QED) is 0.0648. The van der Waals surface area contributed by atoms with E-state index in [1.807, 2.05) is 0 Å². The number of hydrogen-bond acceptors (Lipinski definition) is 10. The first-order valence-electron chi connectivity index (χ1n) is 11.0. The number of rotatable bonds is 7. The predicted octanol–water partition coefficient (Wildman–Crippen LogP) is 4.90. The van der Waals surface area contributed by atoms with E-state index in [9.17, 15) is 29.2 Å². The number of pyridine rings is 1. The van der Waals surface area contributed by atoms with Crippen molar-refractivity contribution in [3.63, 3.8) is 0 Å². The monoisotopic (exact) mass is 549 g/mol. The van der Waals surface area contributed by atoms with Crippen LogP contribution in [-0.4, -0.2) is 36.9 Å². The van der Waals surface area contributed by atoms with E-state index in [2.05, 4.69) is 15.2 Å². The van der Waals surface area contributed by atoms with Crippen molar-refractivity contribution >= 4 is 51.4 Å². The van der Waals surface area contributed by atoms with Crippen LogP contribution in [0.3, 0.4) is 0 Å². The van der Waals surface area contributed by atoms with Gasteiger partial charge in [0.05, 0.1) is 16.5 Å². The first-order valence-corrected chi connectivity index (χ1v) is 12.8. The Balaban J connectivity index is 1.56. The molecule has 1 aliphatic rings. The van der Waals surface area contributed by atoms with Crippen LogP contribution < -0.4 is 4.90 Å². The molecule has 1 aliphatic heterocycles. The van der Waals surface area contributed by atoms with Crippen LogP contribution in [0.1, 0.15) is 22.7 Å². The zero-order valence-corrected chi connectivity index (χ0v) is 20.9. The molecule has 0 saturated carbocycles. The number of halogens is 1. The zero-order valence-electron chi connectivity index (χ0n) is 19.2. The second kappa shape index (κ2) is 10.5. The third-order valence-electron chi connectivity index (χ3n) is 5.67. The molecule has 0 bridgehead atoms. The summed E-state index contributed by atoms with van der Waals surface area (Å²) < 4.78 is 13.7. The Bertz CT molecular complexity index is 1580. The van der Waals surface area contributed by atoms with Crippen molar-refractivity contribution in [1.29, 1.82) is 0 Å². The molecule has 190 valence electrons. The third-order valence-corrected chi connectivity index (χ3v) is 7.80. The van der Waals surface area contributed by atoms with E-state index < -0.39 is 28.4 Å². The molecular weight excluding hydrogens is 533 g/mol. The van der Waals surface area contributed by atoms with Gasteiger partial charge in [-0.05, 0) is 35.4 Å². The van der Waals surface area contributed by atoms with Gasteiger partial charge in [0.15, 0.2) is 4.34 Å². The first-order chi connectivity index (χ1) is 18.3. The maximum absolute atomic E-state index is 13.3. The summed E-state index contributed by atoms with van der Waals surface area (Å²) >= 11 is 2.36. The van der Waals surface area contributed by atoms with Gasteiger partial charge in [0.1, 0.15) is 11.6 Å². The van der Waals surface area contributed by atoms with Crippen molar-refractivity contribution in [2.24, 2.45) is 0 Å². The molecule has 1 N–H and O–H groups in total. The van der Waals surface area contributed by atoms with Crippen LogP contribution in [0, 0.1) is 15.9 Å². The first kappa shape index (κ1) is 25.2. The topological polar surface area (TPSA) is 139 Å². The smallest absolute Gasteiger partial charge is 0.301 e. The number of ketones is 1. The highest BCUT2D eigenvalue weighted by Gasteiger charge is 2.48. The predicted molar refractivity (Wildman–Crippen MR) is 138 cm³/mol. The molecule has 1 atom stereocenters. The van der Waals surface area contributed by atoms with Crippen LogP contribution in [0.4, 0.5) is 15.2 Å². The molecule has 0 radical (unpaired) electrons. The SMILES string of the molecule is O=C1C(=O)N(c2nnc(SCc3ccc(F)cc3)s2)C(c2cccc([N+](=O)[O-])c2)/C1=C(\O)c1ccncc1. The number of benzene rings is 2. The fourth-order valence-electron chi connectivity index (χ4n) is 3.90. The zero-order chi connectivity index (χ0) is 26.8. The summed E-state index contributed by atoms with van der Waals surface area (Å²) in [4.78, 5) is 42.3. The van der Waals surface area contributed by atoms with E-state index in [1.165, 1.54) is 72.7 Å². The van der Waals surface area contributed by atoms with Gasteiger partial charge < -0.3 is 5.11 Å². The highest BCUT2D eigenvalue weighted by atomic mass is 32.2. The summed E-state index contributed by atoms with van der Waals surface area (Å²) in [6.07, 6.45) is 2.84. The molecule has 0 aliphatic carbocycles. The van der Waals surface area contributed by atoms with E-state index in [0.717, 1.165) is 21.8 Å². The van der Waals surface area contributed by atoms with E-state index in [4.69, 9.17) is 0 Å². The molecule has 13 heteroatoms. The average Bonchev–Trinajstić information content (AvgIpc) is 3.50. The van der Waals surface area contributed by atoms with Crippen LogP contribution >= 0.6 is 23.1 Å². The van der Waals surface area contributed by atoms with Gasteiger partial charge in [-0.15, -0.1) is 10.2 Å². The summed E-state index contributed by atoms with van der Waals surface area (Å²) in [6, 6.07) is 13.2. The van der Waals surface area contributed by atoms with Gasteiger partial charge >= 0.3 is 5.91 Å². The molecule has 3 heterocycles. The Morgan fingerprint density at radius 3 is 2.55 bits per heavy atom. The number of nitrogens with zero attached hydrogens (tertiary/aromatic N) is 5. The largest absolute Gasteiger partial charge is 0.507 e. The molecule has 1 amide bonds. The van der Waals surface area contributed by atoms with E-state index in [0.29, 0.717) is 10.1 Å². The van der Waals surface area contributed by atoms with E-state index >= 15 is 0 Å². The number of nitro benzene ring substituents is 1. The van der Waals surface area contributed by atoms with Crippen molar-refractivity contribution in [2.75, 3.05) is 4.90 Å². The molecule has 38 heavy (non-hydrogen) atoms. The summed E-state index contributed by atoms with van der Waals surface area (Å²) in [5.74, 6) is -2.25. The maximum Gasteiger partial charge on any atom is 0.301 e. The molecule has 2 aromatic carbocycles. The van der Waals surface area contributed by atoms with Crippen LogP contribution in [0.5, 0.6) is 0 Å². The Kier molecular flexibility index (Phi) is 6.94. The number of nitro groups is 1. The van der Waals surface area contributed by atoms with Crippen molar-refractivity contribution < 1.29 is 24.0 Å². The van der Waals surface area contributed by atoms with Gasteiger partial charge in [0, 0.05) is 35.8 Å². The van der Waals surface area contributed by atoms with E-state index in [1.54, 1.807) is 12.1 Å². The minimum absolute atomic E-state index is 0.0824. The second-order valence-corrected chi connectivity index (χ2v) is 10.2. The number of thioether (sulfide) groups is 1. The summed E-state index contributed by atoms with van der Waals surface area (Å²) in [5, 5.41) is 30.8. The number of hydrogen-bond donors (Lipinski definition) is 1. The van der Waals surface area contributed by atoms with E-state index in [-0.39, 0.29) is 33.3 Å². The number of amides is 1. The van der Waals surface area contributed by atoms with Crippen LogP contribution in [-0.2, 0) is 15.3 Å². The Hall–Kier alpha value is -4.49. The number of Topliss-reactive ketones (excluding diaryl/α,β-unsaturated/α-hetero) is 1.